The molecule has 0 saturated heterocycles. The molecule has 0 heterocycles. The number of nitrogens with zero attached hydrogens (tertiary/aromatic N) is 1. The molecule has 0 bridgehead atoms. The third-order valence-corrected chi connectivity index (χ3v) is 2.45. The number of amides is 1. The van der Waals surface area contributed by atoms with Crippen molar-refractivity contribution < 1.29 is 4.79 Å². The fraction of sp³-hybridized carbons (Fsp3) is 0.889. The van der Waals surface area contributed by atoms with Crippen molar-refractivity contribution in [1.29, 1.82) is 0 Å². The van der Waals surface area contributed by atoms with Gasteiger partial charge in [-0.1, -0.05) is 13.8 Å². The Kier molecular flexibility index (Phi) is 2.73. The molecule has 0 aromatic rings. The van der Waals surface area contributed by atoms with Gasteiger partial charge in [0.15, 0.2) is 0 Å². The van der Waals surface area contributed by atoms with E-state index in [9.17, 15) is 4.79 Å². The lowest BCUT2D eigenvalue weighted by atomic mass is 10.0. The van der Waals surface area contributed by atoms with Crippen LogP contribution in [-0.2, 0) is 4.79 Å². The molecule has 0 aromatic carbocycles. The quantitative estimate of drug-likeness (QED) is 0.674. The topological polar surface area (TPSA) is 46.3 Å². The van der Waals surface area contributed by atoms with Crippen LogP contribution in [0.2, 0.25) is 0 Å². The molecule has 0 unspecified atom stereocenters. The standard InChI is InChI=1S/C9H18N2O/c1-6(2)8(10)9(12)11(3)7-4-5-7/h6-8H,4-5,10H2,1-3H3/t8-/m0/s1. The second-order valence-electron chi connectivity index (χ2n) is 3.95. The highest BCUT2D eigenvalue weighted by Gasteiger charge is 2.32. The van der Waals surface area contributed by atoms with E-state index in [2.05, 4.69) is 0 Å². The van der Waals surface area contributed by atoms with E-state index in [1.165, 1.54) is 0 Å². The van der Waals surface area contributed by atoms with Gasteiger partial charge in [0.2, 0.25) is 5.91 Å². The van der Waals surface area contributed by atoms with Gasteiger partial charge in [0.25, 0.3) is 0 Å². The molecule has 1 rings (SSSR count). The van der Waals surface area contributed by atoms with Crippen LogP contribution in [0.1, 0.15) is 26.7 Å². The number of carbonyl (C=O) groups is 1. The molecule has 0 aliphatic heterocycles. The molecule has 1 amide bonds. The molecule has 2 N–H and O–H groups in total. The molecule has 3 nitrogen and oxygen atoms in total. The summed E-state index contributed by atoms with van der Waals surface area (Å²) in [5.41, 5.74) is 5.74. The highest BCUT2D eigenvalue weighted by molar-refractivity contribution is 5.82. The Morgan fingerprint density at radius 2 is 2.00 bits per heavy atom. The fourth-order valence-corrected chi connectivity index (χ4v) is 1.16. The summed E-state index contributed by atoms with van der Waals surface area (Å²) in [6.45, 7) is 3.95. The van der Waals surface area contributed by atoms with E-state index in [4.69, 9.17) is 5.73 Å². The molecule has 3 heteroatoms. The average molecular weight is 170 g/mol. The van der Waals surface area contributed by atoms with Crippen LogP contribution < -0.4 is 5.73 Å². The maximum atomic E-state index is 11.6. The van der Waals surface area contributed by atoms with E-state index in [1.807, 2.05) is 20.9 Å². The molecule has 1 saturated carbocycles. The van der Waals surface area contributed by atoms with Crippen LogP contribution in [0.4, 0.5) is 0 Å². The van der Waals surface area contributed by atoms with Crippen molar-refractivity contribution in [3.63, 3.8) is 0 Å². The normalized spacial score (nSPS) is 19.4. The van der Waals surface area contributed by atoms with Gasteiger partial charge in [-0.05, 0) is 18.8 Å². The van der Waals surface area contributed by atoms with Crippen molar-refractivity contribution >= 4 is 5.91 Å². The first-order valence-corrected chi connectivity index (χ1v) is 4.56. The smallest absolute Gasteiger partial charge is 0.239 e. The molecule has 1 aliphatic rings. The summed E-state index contributed by atoms with van der Waals surface area (Å²) < 4.78 is 0. The van der Waals surface area contributed by atoms with Gasteiger partial charge in [-0.25, -0.2) is 0 Å². The molecular formula is C9H18N2O. The molecule has 1 fully saturated rings. The molecule has 1 atom stereocenters. The monoisotopic (exact) mass is 170 g/mol. The fourth-order valence-electron chi connectivity index (χ4n) is 1.16. The van der Waals surface area contributed by atoms with E-state index in [0.717, 1.165) is 12.8 Å². The van der Waals surface area contributed by atoms with E-state index >= 15 is 0 Å². The summed E-state index contributed by atoms with van der Waals surface area (Å²) in [4.78, 5) is 13.4. The zero-order chi connectivity index (χ0) is 9.30. The zero-order valence-corrected chi connectivity index (χ0v) is 8.08. The lowest BCUT2D eigenvalue weighted by Crippen LogP contribution is -2.45. The summed E-state index contributed by atoms with van der Waals surface area (Å²) in [5.74, 6) is 0.325. The SMILES string of the molecule is CC(C)[C@H](N)C(=O)N(C)C1CC1. The maximum absolute atomic E-state index is 11.6. The highest BCUT2D eigenvalue weighted by atomic mass is 16.2. The van der Waals surface area contributed by atoms with Crippen molar-refractivity contribution in [2.75, 3.05) is 7.05 Å². The van der Waals surface area contributed by atoms with E-state index in [-0.39, 0.29) is 17.9 Å². The molecule has 1 aliphatic carbocycles. The molecule has 70 valence electrons. The molecular weight excluding hydrogens is 152 g/mol. The summed E-state index contributed by atoms with van der Waals surface area (Å²) in [5, 5.41) is 0. The van der Waals surface area contributed by atoms with Crippen LogP contribution >= 0.6 is 0 Å². The summed E-state index contributed by atoms with van der Waals surface area (Å²) >= 11 is 0. The van der Waals surface area contributed by atoms with Gasteiger partial charge >= 0.3 is 0 Å². The Bertz CT molecular complexity index is 165. The predicted molar refractivity (Wildman–Crippen MR) is 48.6 cm³/mol. The van der Waals surface area contributed by atoms with E-state index < -0.39 is 0 Å². The van der Waals surface area contributed by atoms with Crippen molar-refractivity contribution in [3.8, 4) is 0 Å². The number of carbonyl (C=O) groups excluding carboxylic acids is 1. The first-order chi connectivity index (χ1) is 5.54. The minimum Gasteiger partial charge on any atom is -0.341 e. The van der Waals surface area contributed by atoms with Crippen LogP contribution in [0.3, 0.4) is 0 Å². The Hall–Kier alpha value is -0.570. The van der Waals surface area contributed by atoms with Crippen LogP contribution in [0, 0.1) is 5.92 Å². The van der Waals surface area contributed by atoms with E-state index in [1.54, 1.807) is 4.90 Å². The molecule has 12 heavy (non-hydrogen) atoms. The predicted octanol–water partition coefficient (Wildman–Crippen LogP) is 0.590. The first-order valence-electron chi connectivity index (χ1n) is 4.56. The second kappa shape index (κ2) is 3.44. The maximum Gasteiger partial charge on any atom is 0.239 e. The Morgan fingerprint density at radius 1 is 1.50 bits per heavy atom. The third kappa shape index (κ3) is 1.97. The number of hydrogen-bond donors (Lipinski definition) is 1. The van der Waals surface area contributed by atoms with Crippen LogP contribution in [0.15, 0.2) is 0 Å². The van der Waals surface area contributed by atoms with Crippen molar-refractivity contribution in [2.45, 2.75) is 38.8 Å². The Morgan fingerprint density at radius 3 is 2.33 bits per heavy atom. The van der Waals surface area contributed by atoms with Crippen LogP contribution in [0.5, 0.6) is 0 Å². The summed E-state index contributed by atoms with van der Waals surface area (Å²) in [6, 6.07) is 0.151. The summed E-state index contributed by atoms with van der Waals surface area (Å²) in [6.07, 6.45) is 2.29. The molecule has 0 spiro atoms. The lowest BCUT2D eigenvalue weighted by molar-refractivity contribution is -0.132. The Labute approximate surface area is 73.9 Å². The van der Waals surface area contributed by atoms with Gasteiger partial charge in [0.1, 0.15) is 0 Å². The largest absolute Gasteiger partial charge is 0.341 e. The third-order valence-electron chi connectivity index (χ3n) is 2.45. The van der Waals surface area contributed by atoms with Crippen molar-refractivity contribution in [2.24, 2.45) is 11.7 Å². The zero-order valence-electron chi connectivity index (χ0n) is 8.08. The molecule has 0 aromatic heterocycles. The van der Waals surface area contributed by atoms with Gasteiger partial charge in [-0.2, -0.15) is 0 Å². The minimum absolute atomic E-state index is 0.0903. The van der Waals surface area contributed by atoms with Crippen LogP contribution in [-0.4, -0.2) is 29.9 Å². The summed E-state index contributed by atoms with van der Waals surface area (Å²) in [7, 11) is 1.85. The lowest BCUT2D eigenvalue weighted by Gasteiger charge is -2.22. The van der Waals surface area contributed by atoms with Crippen molar-refractivity contribution in [3.05, 3.63) is 0 Å². The van der Waals surface area contributed by atoms with Crippen LogP contribution in [0.25, 0.3) is 0 Å². The van der Waals surface area contributed by atoms with Gasteiger partial charge in [0, 0.05) is 13.1 Å². The first kappa shape index (κ1) is 9.52. The number of likely N-dealkylation sites (N-methyl/N-ethyl adjacent to an activating group) is 1. The second-order valence-corrected chi connectivity index (χ2v) is 3.95. The molecule has 0 radical (unpaired) electrons. The number of rotatable bonds is 3. The minimum atomic E-state index is -0.324. The van der Waals surface area contributed by atoms with Gasteiger partial charge in [-0.3, -0.25) is 4.79 Å². The van der Waals surface area contributed by atoms with Crippen molar-refractivity contribution in [1.82, 2.24) is 4.90 Å². The average Bonchev–Trinajstić information content (AvgIpc) is 2.82. The Balaban J connectivity index is 2.44. The van der Waals surface area contributed by atoms with E-state index in [0.29, 0.717) is 6.04 Å². The van der Waals surface area contributed by atoms with Gasteiger partial charge < -0.3 is 10.6 Å². The van der Waals surface area contributed by atoms with Gasteiger partial charge in [0.05, 0.1) is 6.04 Å². The number of hydrogen-bond acceptors (Lipinski definition) is 2. The highest BCUT2D eigenvalue weighted by Crippen LogP contribution is 2.26. The van der Waals surface area contributed by atoms with Gasteiger partial charge in [-0.15, -0.1) is 0 Å². The number of nitrogens with two attached hydrogens (primary N) is 1.